The van der Waals surface area contributed by atoms with Crippen LogP contribution in [0.3, 0.4) is 0 Å². The maximum Gasteiger partial charge on any atom is 0.211 e. The second-order valence-electron chi connectivity index (χ2n) is 5.94. The maximum atomic E-state index is 11.7. The number of sulfonamides is 1. The zero-order valence-electron chi connectivity index (χ0n) is 12.4. The third-order valence-corrected chi connectivity index (χ3v) is 4.49. The Hall–Kier alpha value is -0.870. The van der Waals surface area contributed by atoms with Crippen LogP contribution >= 0.6 is 0 Å². The number of hydrogen-bond donors (Lipinski definition) is 1. The summed E-state index contributed by atoms with van der Waals surface area (Å²) in [4.78, 5) is 0. The Bertz CT molecular complexity index is 484. The summed E-state index contributed by atoms with van der Waals surface area (Å²) in [6, 6.07) is 8.11. The molecule has 0 bridgehead atoms. The summed E-state index contributed by atoms with van der Waals surface area (Å²) in [7, 11) is -3.13. The van der Waals surface area contributed by atoms with Crippen molar-refractivity contribution in [1.29, 1.82) is 0 Å². The third-order valence-electron chi connectivity index (χ3n) is 3.08. The molecule has 0 unspecified atom stereocenters. The van der Waals surface area contributed by atoms with E-state index in [0.717, 1.165) is 12.0 Å². The Morgan fingerprint density at radius 1 is 1.11 bits per heavy atom. The normalized spacial score (nSPS) is 12.6. The van der Waals surface area contributed by atoms with Crippen LogP contribution in [-0.4, -0.2) is 14.2 Å². The third kappa shape index (κ3) is 5.74. The Morgan fingerprint density at radius 3 is 2.16 bits per heavy atom. The smallest absolute Gasteiger partial charge is 0.211 e. The molecule has 0 aliphatic rings. The molecule has 0 amide bonds. The number of benzene rings is 1. The van der Waals surface area contributed by atoms with Crippen LogP contribution in [0.1, 0.15) is 51.7 Å². The van der Waals surface area contributed by atoms with Crippen molar-refractivity contribution in [2.45, 2.75) is 52.5 Å². The van der Waals surface area contributed by atoms with Crippen molar-refractivity contribution in [3.05, 3.63) is 35.4 Å². The molecule has 3 nitrogen and oxygen atoms in total. The molecule has 0 heterocycles. The summed E-state index contributed by atoms with van der Waals surface area (Å²) in [5.74, 6) is 0.212. The zero-order valence-corrected chi connectivity index (χ0v) is 13.2. The first-order valence-electron chi connectivity index (χ1n) is 6.81. The molecule has 1 N–H and O–H groups in total. The molecule has 1 aromatic carbocycles. The van der Waals surface area contributed by atoms with Gasteiger partial charge in [-0.25, -0.2) is 13.1 Å². The van der Waals surface area contributed by atoms with E-state index in [9.17, 15) is 8.42 Å². The van der Waals surface area contributed by atoms with Crippen LogP contribution in [0, 0.1) is 0 Å². The summed E-state index contributed by atoms with van der Waals surface area (Å²) in [6.07, 6.45) is 1.60. The first-order valence-corrected chi connectivity index (χ1v) is 8.46. The first kappa shape index (κ1) is 16.2. The van der Waals surface area contributed by atoms with Crippen molar-refractivity contribution in [2.24, 2.45) is 0 Å². The molecule has 0 spiro atoms. The minimum Gasteiger partial charge on any atom is -0.212 e. The average molecular weight is 283 g/mol. The Kier molecular flexibility index (Phi) is 5.56. The molecular formula is C15H25NO2S. The fourth-order valence-corrected chi connectivity index (χ4v) is 2.92. The van der Waals surface area contributed by atoms with Crippen LogP contribution in [0.5, 0.6) is 0 Å². The minimum absolute atomic E-state index is 0.124. The van der Waals surface area contributed by atoms with Gasteiger partial charge >= 0.3 is 0 Å². The van der Waals surface area contributed by atoms with Crippen LogP contribution < -0.4 is 4.72 Å². The quantitative estimate of drug-likeness (QED) is 0.871. The van der Waals surface area contributed by atoms with Crippen LogP contribution in [-0.2, 0) is 22.0 Å². The van der Waals surface area contributed by atoms with E-state index in [-0.39, 0.29) is 11.2 Å². The second kappa shape index (κ2) is 6.53. The summed E-state index contributed by atoms with van der Waals surface area (Å²) in [5, 5.41) is 0. The Labute approximate surface area is 117 Å². The fraction of sp³-hybridized carbons (Fsp3) is 0.600. The molecule has 19 heavy (non-hydrogen) atoms. The Morgan fingerprint density at radius 2 is 1.68 bits per heavy atom. The lowest BCUT2D eigenvalue weighted by atomic mass is 9.87. The summed E-state index contributed by atoms with van der Waals surface area (Å²) < 4.78 is 26.0. The molecule has 0 fully saturated rings. The molecule has 4 heteroatoms. The molecule has 0 saturated carbocycles. The number of rotatable bonds is 6. The molecule has 0 saturated heterocycles. The van der Waals surface area contributed by atoms with E-state index in [2.05, 4.69) is 37.6 Å². The van der Waals surface area contributed by atoms with E-state index in [1.165, 1.54) is 5.56 Å². The predicted molar refractivity (Wildman–Crippen MR) is 80.7 cm³/mol. The molecule has 1 rings (SSSR count). The highest BCUT2D eigenvalue weighted by Gasteiger charge is 2.13. The topological polar surface area (TPSA) is 46.2 Å². The fourth-order valence-electron chi connectivity index (χ4n) is 1.72. The van der Waals surface area contributed by atoms with Crippen molar-refractivity contribution in [1.82, 2.24) is 4.72 Å². The Balaban J connectivity index is 2.60. The molecule has 0 atom stereocenters. The van der Waals surface area contributed by atoms with Gasteiger partial charge in [-0.15, -0.1) is 0 Å². The van der Waals surface area contributed by atoms with Gasteiger partial charge in [-0.1, -0.05) is 58.4 Å². The monoisotopic (exact) mass is 283 g/mol. The molecule has 0 aromatic heterocycles. The highest BCUT2D eigenvalue weighted by molar-refractivity contribution is 7.89. The van der Waals surface area contributed by atoms with Crippen molar-refractivity contribution < 1.29 is 8.42 Å². The summed E-state index contributed by atoms with van der Waals surface area (Å²) in [6.45, 7) is 8.84. The van der Waals surface area contributed by atoms with E-state index in [0.29, 0.717) is 13.0 Å². The zero-order chi connectivity index (χ0) is 14.5. The van der Waals surface area contributed by atoms with E-state index in [1.807, 2.05) is 19.1 Å². The van der Waals surface area contributed by atoms with Gasteiger partial charge in [0.05, 0.1) is 5.75 Å². The van der Waals surface area contributed by atoms with Crippen LogP contribution in [0.25, 0.3) is 0 Å². The molecular weight excluding hydrogens is 258 g/mol. The number of nitrogens with one attached hydrogen (secondary N) is 1. The SMILES string of the molecule is CCCCS(=O)(=O)NCc1ccc(C(C)(C)C)cc1. The van der Waals surface area contributed by atoms with Gasteiger partial charge in [0.15, 0.2) is 0 Å². The van der Waals surface area contributed by atoms with Gasteiger partial charge in [0.1, 0.15) is 0 Å². The van der Waals surface area contributed by atoms with Gasteiger partial charge in [-0.05, 0) is 23.0 Å². The lowest BCUT2D eigenvalue weighted by Gasteiger charge is -2.19. The lowest BCUT2D eigenvalue weighted by Crippen LogP contribution is -2.25. The molecule has 0 aliphatic heterocycles. The van der Waals surface area contributed by atoms with Gasteiger partial charge in [0.2, 0.25) is 10.0 Å². The average Bonchev–Trinajstić information content (AvgIpc) is 2.34. The lowest BCUT2D eigenvalue weighted by molar-refractivity contribution is 0.577. The van der Waals surface area contributed by atoms with Crippen LogP contribution in [0.2, 0.25) is 0 Å². The van der Waals surface area contributed by atoms with E-state index >= 15 is 0 Å². The molecule has 1 aromatic rings. The van der Waals surface area contributed by atoms with Crippen molar-refractivity contribution in [2.75, 3.05) is 5.75 Å². The molecule has 0 aliphatic carbocycles. The first-order chi connectivity index (χ1) is 8.74. The summed E-state index contributed by atoms with van der Waals surface area (Å²) >= 11 is 0. The second-order valence-corrected chi connectivity index (χ2v) is 7.87. The molecule has 0 radical (unpaired) electrons. The number of unbranched alkanes of at least 4 members (excludes halogenated alkanes) is 1. The van der Waals surface area contributed by atoms with Crippen molar-refractivity contribution >= 4 is 10.0 Å². The predicted octanol–water partition coefficient (Wildman–Crippen LogP) is 3.20. The standard InChI is InChI=1S/C15H25NO2S/c1-5-6-11-19(17,18)16-12-13-7-9-14(10-8-13)15(2,3)4/h7-10,16H,5-6,11-12H2,1-4H3. The highest BCUT2D eigenvalue weighted by atomic mass is 32.2. The largest absolute Gasteiger partial charge is 0.212 e. The number of hydrogen-bond acceptors (Lipinski definition) is 2. The van der Waals surface area contributed by atoms with Gasteiger partial charge in [0, 0.05) is 6.54 Å². The molecule has 108 valence electrons. The maximum absolute atomic E-state index is 11.7. The van der Waals surface area contributed by atoms with E-state index < -0.39 is 10.0 Å². The van der Waals surface area contributed by atoms with Gasteiger partial charge in [-0.2, -0.15) is 0 Å². The van der Waals surface area contributed by atoms with Gasteiger partial charge < -0.3 is 0 Å². The van der Waals surface area contributed by atoms with Crippen molar-refractivity contribution in [3.63, 3.8) is 0 Å². The van der Waals surface area contributed by atoms with Crippen LogP contribution in [0.4, 0.5) is 0 Å². The summed E-state index contributed by atoms with van der Waals surface area (Å²) in [5.41, 5.74) is 2.37. The van der Waals surface area contributed by atoms with E-state index in [4.69, 9.17) is 0 Å². The van der Waals surface area contributed by atoms with E-state index in [1.54, 1.807) is 0 Å². The minimum atomic E-state index is -3.13. The van der Waals surface area contributed by atoms with Gasteiger partial charge in [0.25, 0.3) is 0 Å². The van der Waals surface area contributed by atoms with Gasteiger partial charge in [-0.3, -0.25) is 0 Å². The highest BCUT2D eigenvalue weighted by Crippen LogP contribution is 2.22. The van der Waals surface area contributed by atoms with Crippen LogP contribution in [0.15, 0.2) is 24.3 Å². The van der Waals surface area contributed by atoms with Crippen molar-refractivity contribution in [3.8, 4) is 0 Å².